The summed E-state index contributed by atoms with van der Waals surface area (Å²) < 4.78 is 0. The van der Waals surface area contributed by atoms with Crippen LogP contribution in [0.5, 0.6) is 0 Å². The standard InChI is InChI=1S/C52H38/c1-51(2)45-12-8-7-11-43(45)49-50(51)44-28-23-38(30-46(44)52(49,3)4)40-25-20-35-21-26-41-39(24-19-34-22-27-42(40)48(35)47(34)41)33-16-13-32(14-17-33)37-18-15-31-9-5-6-10-36(31)29-37/h5-30H,1-4H3. The highest BCUT2D eigenvalue weighted by molar-refractivity contribution is 6.27. The summed E-state index contributed by atoms with van der Waals surface area (Å²) in [5.41, 5.74) is 16.3. The molecule has 0 aliphatic heterocycles. The van der Waals surface area contributed by atoms with Gasteiger partial charge in [0, 0.05) is 10.8 Å². The molecule has 2 aliphatic rings. The third-order valence-electron chi connectivity index (χ3n) is 12.6. The lowest BCUT2D eigenvalue weighted by Crippen LogP contribution is -2.19. The Labute approximate surface area is 305 Å². The van der Waals surface area contributed by atoms with Crippen LogP contribution in [0.2, 0.25) is 0 Å². The fourth-order valence-corrected chi connectivity index (χ4v) is 10.0. The van der Waals surface area contributed by atoms with Gasteiger partial charge < -0.3 is 0 Å². The van der Waals surface area contributed by atoms with Crippen LogP contribution in [0.1, 0.15) is 49.9 Å². The van der Waals surface area contributed by atoms with Crippen molar-refractivity contribution in [2.75, 3.05) is 0 Å². The minimum atomic E-state index is -0.0763. The molecule has 0 saturated carbocycles. The fourth-order valence-electron chi connectivity index (χ4n) is 10.0. The summed E-state index contributed by atoms with van der Waals surface area (Å²) in [6.45, 7) is 9.66. The molecule has 0 unspecified atom stereocenters. The van der Waals surface area contributed by atoms with Crippen LogP contribution in [-0.2, 0) is 10.8 Å². The van der Waals surface area contributed by atoms with Crippen molar-refractivity contribution in [3.63, 3.8) is 0 Å². The van der Waals surface area contributed by atoms with E-state index in [9.17, 15) is 0 Å². The van der Waals surface area contributed by atoms with E-state index in [4.69, 9.17) is 0 Å². The Hall–Kier alpha value is -5.98. The molecule has 52 heavy (non-hydrogen) atoms. The van der Waals surface area contributed by atoms with Crippen LogP contribution in [0.25, 0.3) is 87.6 Å². The molecule has 0 spiro atoms. The molecule has 0 atom stereocenters. The zero-order chi connectivity index (χ0) is 34.9. The average molecular weight is 663 g/mol. The van der Waals surface area contributed by atoms with E-state index in [0.717, 1.165) is 0 Å². The topological polar surface area (TPSA) is 0 Å². The molecule has 0 N–H and O–H groups in total. The minimum absolute atomic E-state index is 0.0164. The van der Waals surface area contributed by atoms with Gasteiger partial charge in [-0.1, -0.05) is 173 Å². The van der Waals surface area contributed by atoms with Crippen molar-refractivity contribution < 1.29 is 0 Å². The molecule has 0 bridgehead atoms. The summed E-state index contributed by atoms with van der Waals surface area (Å²) >= 11 is 0. The molecule has 9 aromatic carbocycles. The summed E-state index contributed by atoms with van der Waals surface area (Å²) in [5.74, 6) is 0. The maximum Gasteiger partial charge on any atom is 0.0162 e. The predicted octanol–water partition coefficient (Wildman–Crippen LogP) is 14.2. The summed E-state index contributed by atoms with van der Waals surface area (Å²) in [6, 6.07) is 59.4. The van der Waals surface area contributed by atoms with Crippen LogP contribution in [0.3, 0.4) is 0 Å². The van der Waals surface area contributed by atoms with E-state index in [1.807, 2.05) is 0 Å². The van der Waals surface area contributed by atoms with E-state index < -0.39 is 0 Å². The van der Waals surface area contributed by atoms with Crippen LogP contribution < -0.4 is 0 Å². The molecular weight excluding hydrogens is 625 g/mol. The Bertz CT molecular complexity index is 2980. The normalized spacial score (nSPS) is 15.5. The second-order valence-corrected chi connectivity index (χ2v) is 16.1. The number of hydrogen-bond donors (Lipinski definition) is 0. The summed E-state index contributed by atoms with van der Waals surface area (Å²) in [5, 5.41) is 10.5. The highest BCUT2D eigenvalue weighted by Crippen LogP contribution is 2.62. The van der Waals surface area contributed by atoms with Gasteiger partial charge in [0.05, 0.1) is 0 Å². The lowest BCUT2D eigenvalue weighted by atomic mass is 9.75. The Kier molecular flexibility index (Phi) is 5.89. The first kappa shape index (κ1) is 29.7. The second kappa shape index (κ2) is 10.3. The van der Waals surface area contributed by atoms with Gasteiger partial charge in [0.2, 0.25) is 0 Å². The van der Waals surface area contributed by atoms with Gasteiger partial charge in [-0.3, -0.25) is 0 Å². The maximum atomic E-state index is 2.50. The van der Waals surface area contributed by atoms with Crippen molar-refractivity contribution in [3.8, 4) is 33.4 Å². The van der Waals surface area contributed by atoms with E-state index in [1.165, 1.54) is 110 Å². The molecule has 2 aliphatic carbocycles. The van der Waals surface area contributed by atoms with Crippen LogP contribution in [0.15, 0.2) is 158 Å². The number of rotatable bonds is 3. The van der Waals surface area contributed by atoms with Crippen LogP contribution >= 0.6 is 0 Å². The van der Waals surface area contributed by atoms with Gasteiger partial charge in [-0.25, -0.2) is 0 Å². The lowest BCUT2D eigenvalue weighted by molar-refractivity contribution is 0.694. The fraction of sp³-hybridized carbons (Fsp3) is 0.115. The molecule has 0 heterocycles. The molecular formula is C52H38. The molecule has 11 rings (SSSR count). The largest absolute Gasteiger partial charge is 0.0619 e. The highest BCUT2D eigenvalue weighted by Gasteiger charge is 2.49. The SMILES string of the molecule is CC1(C)C2=C(c3ccccc31)C(C)(C)c1cc(-c3ccc4ccc5c(-c6ccc(-c7ccc8ccccc8c7)cc6)ccc6ccc3c4c65)ccc12. The molecule has 0 heteroatoms. The Morgan fingerprint density at radius 1 is 0.308 bits per heavy atom. The van der Waals surface area contributed by atoms with E-state index in [1.54, 1.807) is 0 Å². The van der Waals surface area contributed by atoms with Gasteiger partial charge in [0.25, 0.3) is 0 Å². The average Bonchev–Trinajstić information content (AvgIpc) is 3.58. The maximum absolute atomic E-state index is 2.50. The number of fused-ring (bicyclic) bond motifs is 5. The first-order valence-corrected chi connectivity index (χ1v) is 18.6. The number of allylic oxidation sites excluding steroid dienone is 2. The second-order valence-electron chi connectivity index (χ2n) is 16.1. The molecule has 9 aromatic rings. The van der Waals surface area contributed by atoms with Crippen molar-refractivity contribution >= 4 is 54.2 Å². The first-order chi connectivity index (χ1) is 25.3. The third-order valence-corrected chi connectivity index (χ3v) is 12.6. The monoisotopic (exact) mass is 662 g/mol. The van der Waals surface area contributed by atoms with Gasteiger partial charge in [-0.15, -0.1) is 0 Å². The van der Waals surface area contributed by atoms with Gasteiger partial charge in [-0.2, -0.15) is 0 Å². The van der Waals surface area contributed by atoms with Crippen molar-refractivity contribution in [2.45, 2.75) is 38.5 Å². The molecule has 0 fully saturated rings. The Morgan fingerprint density at radius 2 is 0.788 bits per heavy atom. The highest BCUT2D eigenvalue weighted by atomic mass is 14.5. The zero-order valence-electron chi connectivity index (χ0n) is 30.0. The van der Waals surface area contributed by atoms with Crippen molar-refractivity contribution in [1.82, 2.24) is 0 Å². The molecule has 246 valence electrons. The lowest BCUT2D eigenvalue weighted by Gasteiger charge is -2.28. The van der Waals surface area contributed by atoms with E-state index in [-0.39, 0.29) is 10.8 Å². The Balaban J connectivity index is 1.03. The van der Waals surface area contributed by atoms with Gasteiger partial charge in [-0.05, 0) is 122 Å². The van der Waals surface area contributed by atoms with Crippen molar-refractivity contribution in [1.29, 1.82) is 0 Å². The predicted molar refractivity (Wildman–Crippen MR) is 223 cm³/mol. The van der Waals surface area contributed by atoms with Gasteiger partial charge in [0.1, 0.15) is 0 Å². The van der Waals surface area contributed by atoms with E-state index >= 15 is 0 Å². The third kappa shape index (κ3) is 3.93. The molecule has 0 aromatic heterocycles. The first-order valence-electron chi connectivity index (χ1n) is 18.6. The zero-order valence-corrected chi connectivity index (χ0v) is 30.0. The van der Waals surface area contributed by atoms with Crippen molar-refractivity contribution in [3.05, 3.63) is 180 Å². The van der Waals surface area contributed by atoms with Crippen LogP contribution in [-0.4, -0.2) is 0 Å². The van der Waals surface area contributed by atoms with Crippen LogP contribution in [0, 0.1) is 0 Å². The quantitative estimate of drug-likeness (QED) is 0.165. The summed E-state index contributed by atoms with van der Waals surface area (Å²) in [7, 11) is 0. The molecule has 0 radical (unpaired) electrons. The molecule has 0 saturated heterocycles. The number of hydrogen-bond acceptors (Lipinski definition) is 0. The van der Waals surface area contributed by atoms with Crippen LogP contribution in [0.4, 0.5) is 0 Å². The van der Waals surface area contributed by atoms with Gasteiger partial charge >= 0.3 is 0 Å². The molecule has 0 amide bonds. The van der Waals surface area contributed by atoms with Crippen molar-refractivity contribution in [2.24, 2.45) is 0 Å². The smallest absolute Gasteiger partial charge is 0.0162 e. The molecule has 0 nitrogen and oxygen atoms in total. The van der Waals surface area contributed by atoms with E-state index in [0.29, 0.717) is 0 Å². The van der Waals surface area contributed by atoms with Gasteiger partial charge in [0.15, 0.2) is 0 Å². The summed E-state index contributed by atoms with van der Waals surface area (Å²) in [6.07, 6.45) is 0. The van der Waals surface area contributed by atoms with E-state index in [2.05, 4.69) is 185 Å². The number of benzene rings is 9. The minimum Gasteiger partial charge on any atom is -0.0619 e. The summed E-state index contributed by atoms with van der Waals surface area (Å²) in [4.78, 5) is 0. The Morgan fingerprint density at radius 3 is 1.50 bits per heavy atom.